The summed E-state index contributed by atoms with van der Waals surface area (Å²) >= 11 is 0. The van der Waals surface area contributed by atoms with E-state index in [9.17, 15) is 19.2 Å². The van der Waals surface area contributed by atoms with Gasteiger partial charge in [0.15, 0.2) is 0 Å². The molecule has 0 aliphatic rings. The van der Waals surface area contributed by atoms with Crippen LogP contribution in [0.5, 0.6) is 0 Å². The third kappa shape index (κ3) is 5.28. The van der Waals surface area contributed by atoms with Crippen LogP contribution in [0.25, 0.3) is 21.9 Å². The third-order valence-electron chi connectivity index (χ3n) is 5.70. The Morgan fingerprint density at radius 2 is 1.53 bits per heavy atom. The first-order valence-electron chi connectivity index (χ1n) is 10.9. The lowest BCUT2D eigenvalue weighted by molar-refractivity contribution is -0.127. The van der Waals surface area contributed by atoms with Crippen molar-refractivity contribution in [3.05, 3.63) is 44.5 Å². The molecule has 0 saturated heterocycles. The Hall–Kier alpha value is -3.66. The van der Waals surface area contributed by atoms with Gasteiger partial charge in [0.1, 0.15) is 16.9 Å². The second kappa shape index (κ2) is 10.1. The number of amides is 3. The molecule has 3 rings (SSSR count). The summed E-state index contributed by atoms with van der Waals surface area (Å²) in [7, 11) is 0. The number of aryl methyl sites for hydroxylation is 4. The van der Waals surface area contributed by atoms with E-state index < -0.39 is 29.5 Å². The van der Waals surface area contributed by atoms with Gasteiger partial charge in [-0.2, -0.15) is 0 Å². The van der Waals surface area contributed by atoms with E-state index in [1.165, 1.54) is 6.92 Å². The third-order valence-corrected chi connectivity index (χ3v) is 5.70. The van der Waals surface area contributed by atoms with Crippen LogP contribution in [0.1, 0.15) is 34.9 Å². The molecular formula is C24H29N3O7. The van der Waals surface area contributed by atoms with Crippen molar-refractivity contribution in [1.82, 2.24) is 16.0 Å². The largest absolute Gasteiger partial charge is 0.460 e. The smallest absolute Gasteiger partial charge is 0.340 e. The van der Waals surface area contributed by atoms with Gasteiger partial charge in [-0.05, 0) is 57.4 Å². The molecule has 2 aromatic heterocycles. The molecule has 0 saturated carbocycles. The Balaban J connectivity index is 1.72. The lowest BCUT2D eigenvalue weighted by atomic mass is 9.98. The SMILES string of the molecule is Cc1oc2c(c(C)cc3oc(=O)c(CC(=O)NCC(=O)NCC(=O)NC[C@H](C)O)c(C)c32)c1C. The lowest BCUT2D eigenvalue weighted by Crippen LogP contribution is -2.43. The number of carbonyl (C=O) groups is 3. The molecule has 0 spiro atoms. The van der Waals surface area contributed by atoms with Crippen molar-refractivity contribution in [2.45, 2.75) is 47.1 Å². The molecule has 34 heavy (non-hydrogen) atoms. The normalized spacial score (nSPS) is 12.1. The van der Waals surface area contributed by atoms with Crippen LogP contribution >= 0.6 is 0 Å². The second-order valence-corrected chi connectivity index (χ2v) is 8.43. The van der Waals surface area contributed by atoms with Crippen molar-refractivity contribution in [2.75, 3.05) is 19.6 Å². The maximum absolute atomic E-state index is 12.6. The molecule has 4 N–H and O–H groups in total. The second-order valence-electron chi connectivity index (χ2n) is 8.43. The maximum Gasteiger partial charge on any atom is 0.340 e. The standard InChI is InChI=1S/C24H29N3O7/c1-11-6-17-22(23-21(11)13(3)15(5)33-23)14(4)16(24(32)34-17)7-18(29)26-9-20(31)27-10-19(30)25-8-12(2)28/h6,12,28H,7-10H2,1-5H3,(H,25,30)(H,26,29)(H,27,31)/t12-/m0/s1. The molecule has 0 unspecified atom stereocenters. The summed E-state index contributed by atoms with van der Waals surface area (Å²) < 4.78 is 11.5. The van der Waals surface area contributed by atoms with Crippen molar-refractivity contribution in [3.8, 4) is 0 Å². The van der Waals surface area contributed by atoms with E-state index in [1.807, 2.05) is 20.8 Å². The summed E-state index contributed by atoms with van der Waals surface area (Å²) in [6.45, 7) is 8.43. The summed E-state index contributed by atoms with van der Waals surface area (Å²) in [5.41, 5.74) is 3.07. The van der Waals surface area contributed by atoms with Crippen LogP contribution < -0.4 is 21.6 Å². The van der Waals surface area contributed by atoms with E-state index in [0.29, 0.717) is 22.1 Å². The molecule has 0 radical (unpaired) electrons. The van der Waals surface area contributed by atoms with Gasteiger partial charge in [0.25, 0.3) is 0 Å². The minimum Gasteiger partial charge on any atom is -0.460 e. The minimum atomic E-state index is -0.698. The van der Waals surface area contributed by atoms with Gasteiger partial charge in [-0.25, -0.2) is 4.79 Å². The van der Waals surface area contributed by atoms with Gasteiger partial charge in [-0.15, -0.1) is 0 Å². The number of fused-ring (bicyclic) bond motifs is 3. The average Bonchev–Trinajstić information content (AvgIpc) is 3.06. The Morgan fingerprint density at radius 3 is 2.18 bits per heavy atom. The van der Waals surface area contributed by atoms with E-state index in [2.05, 4.69) is 16.0 Å². The molecule has 0 bridgehead atoms. The molecule has 10 heteroatoms. The fourth-order valence-corrected chi connectivity index (χ4v) is 3.80. The highest BCUT2D eigenvalue weighted by molar-refractivity contribution is 6.07. The quantitative estimate of drug-likeness (QED) is 0.358. The topological polar surface area (TPSA) is 151 Å². The zero-order chi connectivity index (χ0) is 25.2. The van der Waals surface area contributed by atoms with Crippen LogP contribution in [-0.4, -0.2) is 48.6 Å². The van der Waals surface area contributed by atoms with Crippen molar-refractivity contribution >= 4 is 39.7 Å². The summed E-state index contributed by atoms with van der Waals surface area (Å²) in [4.78, 5) is 48.6. The van der Waals surface area contributed by atoms with Crippen molar-refractivity contribution in [1.29, 1.82) is 0 Å². The number of benzene rings is 1. The summed E-state index contributed by atoms with van der Waals surface area (Å²) in [5, 5.41) is 18.0. The average molecular weight is 472 g/mol. The number of aliphatic hydroxyl groups excluding tert-OH is 1. The molecule has 10 nitrogen and oxygen atoms in total. The predicted molar refractivity (Wildman–Crippen MR) is 126 cm³/mol. The number of hydrogen-bond acceptors (Lipinski definition) is 7. The predicted octanol–water partition coefficient (Wildman–Crippen LogP) is 1.04. The fraction of sp³-hybridized carbons (Fsp3) is 0.417. The monoisotopic (exact) mass is 471 g/mol. The van der Waals surface area contributed by atoms with Crippen molar-refractivity contribution < 1.29 is 28.3 Å². The summed E-state index contributed by atoms with van der Waals surface area (Å²) in [6, 6.07) is 1.79. The van der Waals surface area contributed by atoms with Crippen LogP contribution in [0, 0.1) is 27.7 Å². The molecule has 2 heterocycles. The van der Waals surface area contributed by atoms with Gasteiger partial charge in [-0.3, -0.25) is 14.4 Å². The molecule has 182 valence electrons. The van der Waals surface area contributed by atoms with E-state index in [-0.39, 0.29) is 31.6 Å². The summed E-state index contributed by atoms with van der Waals surface area (Å²) in [5.74, 6) is -0.809. The van der Waals surface area contributed by atoms with E-state index in [4.69, 9.17) is 13.9 Å². The zero-order valence-corrected chi connectivity index (χ0v) is 19.9. The number of rotatable bonds is 8. The lowest BCUT2D eigenvalue weighted by Gasteiger charge is -2.11. The van der Waals surface area contributed by atoms with Gasteiger partial charge in [0.2, 0.25) is 17.7 Å². The van der Waals surface area contributed by atoms with Crippen LogP contribution in [0.2, 0.25) is 0 Å². The molecule has 3 amide bonds. The molecule has 0 fully saturated rings. The fourth-order valence-electron chi connectivity index (χ4n) is 3.80. The number of hydrogen-bond donors (Lipinski definition) is 4. The Kier molecular flexibility index (Phi) is 7.41. The summed E-state index contributed by atoms with van der Waals surface area (Å²) in [6.07, 6.45) is -0.976. The first kappa shape index (κ1) is 25.0. The number of carbonyl (C=O) groups excluding carboxylic acids is 3. The number of nitrogens with one attached hydrogen (secondary N) is 3. The maximum atomic E-state index is 12.6. The van der Waals surface area contributed by atoms with Gasteiger partial charge in [0.05, 0.1) is 36.6 Å². The van der Waals surface area contributed by atoms with Gasteiger partial charge >= 0.3 is 5.63 Å². The highest BCUT2D eigenvalue weighted by Crippen LogP contribution is 2.35. The first-order valence-corrected chi connectivity index (χ1v) is 10.9. The molecule has 0 aliphatic heterocycles. The van der Waals surface area contributed by atoms with Gasteiger partial charge in [0, 0.05) is 11.9 Å². The zero-order valence-electron chi connectivity index (χ0n) is 19.9. The van der Waals surface area contributed by atoms with Crippen molar-refractivity contribution in [2.24, 2.45) is 0 Å². The highest BCUT2D eigenvalue weighted by Gasteiger charge is 2.21. The minimum absolute atomic E-state index is 0.0716. The Labute approximate surface area is 195 Å². The van der Waals surface area contributed by atoms with Crippen LogP contribution in [0.3, 0.4) is 0 Å². The van der Waals surface area contributed by atoms with E-state index in [0.717, 1.165) is 22.3 Å². The highest BCUT2D eigenvalue weighted by atomic mass is 16.4. The Bertz CT molecular complexity index is 1330. The first-order chi connectivity index (χ1) is 16.0. The van der Waals surface area contributed by atoms with Crippen molar-refractivity contribution in [3.63, 3.8) is 0 Å². The van der Waals surface area contributed by atoms with Crippen LogP contribution in [0.4, 0.5) is 0 Å². The molecule has 3 aromatic rings. The number of furan rings is 1. The van der Waals surface area contributed by atoms with E-state index >= 15 is 0 Å². The van der Waals surface area contributed by atoms with Gasteiger partial charge < -0.3 is 29.9 Å². The molecule has 1 aromatic carbocycles. The van der Waals surface area contributed by atoms with Crippen LogP contribution in [0.15, 0.2) is 19.7 Å². The van der Waals surface area contributed by atoms with E-state index in [1.54, 1.807) is 13.0 Å². The molecule has 0 aliphatic carbocycles. The number of aliphatic hydroxyl groups is 1. The molecule has 1 atom stereocenters. The molecular weight excluding hydrogens is 442 g/mol. The van der Waals surface area contributed by atoms with Crippen LogP contribution in [-0.2, 0) is 20.8 Å². The Morgan fingerprint density at radius 1 is 0.912 bits per heavy atom. The van der Waals surface area contributed by atoms with Gasteiger partial charge in [-0.1, -0.05) is 0 Å².